The number of aryl methyl sites for hydroxylation is 1. The Morgan fingerprint density at radius 2 is 1.93 bits per heavy atom. The molecule has 28 heavy (non-hydrogen) atoms. The van der Waals surface area contributed by atoms with Gasteiger partial charge in [-0.3, -0.25) is 4.79 Å². The minimum Gasteiger partial charge on any atom is -0.353 e. The fourth-order valence-electron chi connectivity index (χ4n) is 3.82. The van der Waals surface area contributed by atoms with Crippen molar-refractivity contribution >= 4 is 17.7 Å². The van der Waals surface area contributed by atoms with E-state index in [1.54, 1.807) is 0 Å². The number of aromatic nitrogens is 3. The molecular weight excluding hydrogens is 368 g/mol. The van der Waals surface area contributed by atoms with E-state index in [2.05, 4.69) is 52.1 Å². The van der Waals surface area contributed by atoms with Crippen LogP contribution in [-0.2, 0) is 11.3 Å². The summed E-state index contributed by atoms with van der Waals surface area (Å²) in [5, 5.41) is 12.9. The number of nitrogens with one attached hydrogen (secondary N) is 1. The van der Waals surface area contributed by atoms with Crippen LogP contribution in [0.2, 0.25) is 0 Å². The van der Waals surface area contributed by atoms with Crippen LogP contribution in [0.15, 0.2) is 29.4 Å². The standard InChI is InChI=1S/C22H32N4OS/c1-3-14-26-21(18-11-9-10-17(2)15-18)24-25-22(26)28-16-20(27)23-19-12-7-5-4-6-8-13-19/h9-11,15,19H,3-8,12-14,16H2,1-2H3,(H,23,27). The van der Waals surface area contributed by atoms with E-state index < -0.39 is 0 Å². The Balaban J connectivity index is 1.62. The zero-order chi connectivity index (χ0) is 19.8. The molecule has 1 amide bonds. The van der Waals surface area contributed by atoms with Crippen molar-refractivity contribution in [1.82, 2.24) is 20.1 Å². The van der Waals surface area contributed by atoms with Crippen LogP contribution in [0, 0.1) is 6.92 Å². The number of carbonyl (C=O) groups excluding carboxylic acids is 1. The van der Waals surface area contributed by atoms with Crippen molar-refractivity contribution in [3.05, 3.63) is 29.8 Å². The largest absolute Gasteiger partial charge is 0.353 e. The first-order valence-electron chi connectivity index (χ1n) is 10.6. The second-order valence-electron chi connectivity index (χ2n) is 7.73. The fraction of sp³-hybridized carbons (Fsp3) is 0.591. The van der Waals surface area contributed by atoms with Gasteiger partial charge in [-0.2, -0.15) is 0 Å². The fourth-order valence-corrected chi connectivity index (χ4v) is 4.59. The van der Waals surface area contributed by atoms with Crippen molar-refractivity contribution in [3.63, 3.8) is 0 Å². The quantitative estimate of drug-likeness (QED) is 0.666. The predicted molar refractivity (Wildman–Crippen MR) is 115 cm³/mol. The van der Waals surface area contributed by atoms with Crippen LogP contribution in [0.3, 0.4) is 0 Å². The summed E-state index contributed by atoms with van der Waals surface area (Å²) in [5.41, 5.74) is 2.28. The molecule has 1 heterocycles. The zero-order valence-corrected chi connectivity index (χ0v) is 17.9. The average molecular weight is 401 g/mol. The Kier molecular flexibility index (Phi) is 7.95. The molecule has 0 saturated heterocycles. The van der Waals surface area contributed by atoms with E-state index in [0.717, 1.165) is 42.4 Å². The molecule has 1 aromatic heterocycles. The maximum Gasteiger partial charge on any atom is 0.230 e. The van der Waals surface area contributed by atoms with Crippen LogP contribution in [0.5, 0.6) is 0 Å². The van der Waals surface area contributed by atoms with Gasteiger partial charge in [0, 0.05) is 18.2 Å². The molecule has 0 spiro atoms. The summed E-state index contributed by atoms with van der Waals surface area (Å²) in [4.78, 5) is 12.5. The number of rotatable bonds is 7. The molecule has 6 heteroatoms. The van der Waals surface area contributed by atoms with Crippen LogP contribution in [-0.4, -0.2) is 32.5 Å². The Hall–Kier alpha value is -1.82. The molecule has 1 N–H and O–H groups in total. The summed E-state index contributed by atoms with van der Waals surface area (Å²) in [7, 11) is 0. The van der Waals surface area contributed by atoms with Crippen molar-refractivity contribution in [2.24, 2.45) is 0 Å². The van der Waals surface area contributed by atoms with Crippen molar-refractivity contribution in [1.29, 1.82) is 0 Å². The number of amides is 1. The van der Waals surface area contributed by atoms with Crippen LogP contribution in [0.1, 0.15) is 63.9 Å². The van der Waals surface area contributed by atoms with E-state index in [-0.39, 0.29) is 5.91 Å². The Labute approximate surface area is 172 Å². The minimum absolute atomic E-state index is 0.110. The van der Waals surface area contributed by atoms with Gasteiger partial charge in [0.15, 0.2) is 11.0 Å². The molecule has 1 aliphatic carbocycles. The molecule has 0 aliphatic heterocycles. The van der Waals surface area contributed by atoms with Crippen molar-refractivity contribution in [2.75, 3.05) is 5.75 Å². The Bertz CT molecular complexity index is 766. The van der Waals surface area contributed by atoms with Gasteiger partial charge in [-0.05, 0) is 32.3 Å². The topological polar surface area (TPSA) is 59.8 Å². The van der Waals surface area contributed by atoms with E-state index in [9.17, 15) is 4.79 Å². The average Bonchev–Trinajstić information content (AvgIpc) is 3.05. The lowest BCUT2D eigenvalue weighted by molar-refractivity contribution is -0.119. The van der Waals surface area contributed by atoms with E-state index >= 15 is 0 Å². The van der Waals surface area contributed by atoms with E-state index in [1.165, 1.54) is 49.4 Å². The maximum atomic E-state index is 12.5. The lowest BCUT2D eigenvalue weighted by atomic mass is 9.97. The first-order chi connectivity index (χ1) is 13.7. The van der Waals surface area contributed by atoms with Crippen LogP contribution < -0.4 is 5.32 Å². The molecule has 0 unspecified atom stereocenters. The van der Waals surface area contributed by atoms with Crippen LogP contribution in [0.25, 0.3) is 11.4 Å². The molecule has 1 aromatic carbocycles. The second-order valence-corrected chi connectivity index (χ2v) is 8.67. The highest BCUT2D eigenvalue weighted by molar-refractivity contribution is 7.99. The highest BCUT2D eigenvalue weighted by Crippen LogP contribution is 2.25. The van der Waals surface area contributed by atoms with Crippen molar-refractivity contribution in [2.45, 2.75) is 83.0 Å². The summed E-state index contributed by atoms with van der Waals surface area (Å²) in [5.74, 6) is 1.39. The molecule has 0 radical (unpaired) electrons. The second kappa shape index (κ2) is 10.6. The lowest BCUT2D eigenvalue weighted by Gasteiger charge is -2.20. The molecule has 0 atom stereocenters. The monoisotopic (exact) mass is 400 g/mol. The van der Waals surface area contributed by atoms with Crippen LogP contribution >= 0.6 is 11.8 Å². The third-order valence-electron chi connectivity index (χ3n) is 5.24. The normalized spacial score (nSPS) is 15.8. The highest BCUT2D eigenvalue weighted by Gasteiger charge is 2.17. The van der Waals surface area contributed by atoms with Gasteiger partial charge in [0.2, 0.25) is 5.91 Å². The van der Waals surface area contributed by atoms with Gasteiger partial charge in [-0.15, -0.1) is 10.2 Å². The number of hydrogen-bond donors (Lipinski definition) is 1. The molecule has 3 rings (SSSR count). The lowest BCUT2D eigenvalue weighted by Crippen LogP contribution is -2.36. The third kappa shape index (κ3) is 5.84. The molecule has 2 aromatic rings. The van der Waals surface area contributed by atoms with Gasteiger partial charge in [0.25, 0.3) is 0 Å². The first-order valence-corrected chi connectivity index (χ1v) is 11.6. The summed E-state index contributed by atoms with van der Waals surface area (Å²) < 4.78 is 2.14. The minimum atomic E-state index is 0.110. The number of carbonyl (C=O) groups is 1. The van der Waals surface area contributed by atoms with Gasteiger partial charge < -0.3 is 9.88 Å². The molecule has 5 nitrogen and oxygen atoms in total. The summed E-state index contributed by atoms with van der Waals surface area (Å²) in [6.45, 7) is 5.08. The molecular formula is C22H32N4OS. The number of hydrogen-bond acceptors (Lipinski definition) is 4. The van der Waals surface area contributed by atoms with E-state index in [0.29, 0.717) is 11.8 Å². The van der Waals surface area contributed by atoms with E-state index in [4.69, 9.17) is 0 Å². The third-order valence-corrected chi connectivity index (χ3v) is 6.21. The Morgan fingerprint density at radius 1 is 1.18 bits per heavy atom. The van der Waals surface area contributed by atoms with Crippen molar-refractivity contribution < 1.29 is 4.79 Å². The smallest absolute Gasteiger partial charge is 0.230 e. The van der Waals surface area contributed by atoms with Gasteiger partial charge in [-0.1, -0.05) is 74.6 Å². The predicted octanol–water partition coefficient (Wildman–Crippen LogP) is 4.98. The Morgan fingerprint density at radius 3 is 2.64 bits per heavy atom. The van der Waals surface area contributed by atoms with Gasteiger partial charge in [0.1, 0.15) is 0 Å². The van der Waals surface area contributed by atoms with Crippen LogP contribution in [0.4, 0.5) is 0 Å². The van der Waals surface area contributed by atoms with Gasteiger partial charge in [-0.25, -0.2) is 0 Å². The van der Waals surface area contributed by atoms with E-state index in [1.807, 2.05) is 6.07 Å². The summed E-state index contributed by atoms with van der Waals surface area (Å²) >= 11 is 1.49. The molecule has 152 valence electrons. The van der Waals surface area contributed by atoms with Gasteiger partial charge in [0.05, 0.1) is 5.75 Å². The molecule has 0 bridgehead atoms. The number of thioether (sulfide) groups is 1. The molecule has 1 fully saturated rings. The number of benzene rings is 1. The highest BCUT2D eigenvalue weighted by atomic mass is 32.2. The zero-order valence-electron chi connectivity index (χ0n) is 17.1. The van der Waals surface area contributed by atoms with Crippen molar-refractivity contribution in [3.8, 4) is 11.4 Å². The summed E-state index contributed by atoms with van der Waals surface area (Å²) in [6.07, 6.45) is 9.60. The number of nitrogens with zero attached hydrogens (tertiary/aromatic N) is 3. The van der Waals surface area contributed by atoms with Gasteiger partial charge >= 0.3 is 0 Å². The first kappa shape index (κ1) is 20.9. The maximum absolute atomic E-state index is 12.5. The molecule has 1 aliphatic rings. The summed E-state index contributed by atoms with van der Waals surface area (Å²) in [6, 6.07) is 8.67. The SMILES string of the molecule is CCCn1c(SCC(=O)NC2CCCCCCC2)nnc1-c1cccc(C)c1. The molecule has 1 saturated carbocycles.